The van der Waals surface area contributed by atoms with Crippen LogP contribution in [0.2, 0.25) is 0 Å². The molecule has 1 aromatic carbocycles. The molecule has 0 spiro atoms. The first-order chi connectivity index (χ1) is 9.56. The summed E-state index contributed by atoms with van der Waals surface area (Å²) < 4.78 is 9.32. The van der Waals surface area contributed by atoms with Gasteiger partial charge in [-0.25, -0.2) is 0 Å². The largest absolute Gasteiger partial charge is 0.497 e. The average molecular weight is 403 g/mol. The van der Waals surface area contributed by atoms with Gasteiger partial charge >= 0.3 is 0 Å². The summed E-state index contributed by atoms with van der Waals surface area (Å²) in [7, 11) is 1.67. The van der Waals surface area contributed by atoms with Crippen molar-refractivity contribution in [3.05, 3.63) is 38.5 Å². The molecule has 20 heavy (non-hydrogen) atoms. The van der Waals surface area contributed by atoms with E-state index in [1.807, 2.05) is 29.8 Å². The van der Waals surface area contributed by atoms with Gasteiger partial charge in [0.15, 0.2) is 0 Å². The summed E-state index contributed by atoms with van der Waals surface area (Å²) in [6.07, 6.45) is 0. The van der Waals surface area contributed by atoms with Crippen LogP contribution in [0.3, 0.4) is 0 Å². The highest BCUT2D eigenvalue weighted by Crippen LogP contribution is 2.28. The van der Waals surface area contributed by atoms with E-state index in [1.165, 1.54) is 0 Å². The summed E-state index contributed by atoms with van der Waals surface area (Å²) in [6, 6.07) is 5.86. The number of halogens is 2. The lowest BCUT2D eigenvalue weighted by atomic mass is 10.3. The predicted molar refractivity (Wildman–Crippen MR) is 88.4 cm³/mol. The second-order valence-corrected chi connectivity index (χ2v) is 6.01. The van der Waals surface area contributed by atoms with E-state index in [2.05, 4.69) is 49.2 Å². The molecule has 0 amide bonds. The minimum atomic E-state index is 0.695. The van der Waals surface area contributed by atoms with E-state index in [1.54, 1.807) is 7.11 Å². The fraction of sp³-hybridized carbons (Fsp3) is 0.357. The van der Waals surface area contributed by atoms with E-state index in [0.29, 0.717) is 6.54 Å². The zero-order valence-electron chi connectivity index (χ0n) is 11.7. The van der Waals surface area contributed by atoms with E-state index < -0.39 is 0 Å². The molecule has 6 heteroatoms. The van der Waals surface area contributed by atoms with Crippen molar-refractivity contribution in [2.45, 2.75) is 26.9 Å². The molecule has 0 saturated carbocycles. The number of benzene rings is 1. The van der Waals surface area contributed by atoms with Gasteiger partial charge in [0.05, 0.1) is 35.2 Å². The van der Waals surface area contributed by atoms with Crippen molar-refractivity contribution in [2.75, 3.05) is 12.4 Å². The van der Waals surface area contributed by atoms with Crippen molar-refractivity contribution in [1.82, 2.24) is 9.78 Å². The Morgan fingerprint density at radius 1 is 1.35 bits per heavy atom. The lowest BCUT2D eigenvalue weighted by Gasteiger charge is -2.11. The Morgan fingerprint density at radius 3 is 2.75 bits per heavy atom. The fourth-order valence-corrected chi connectivity index (χ4v) is 2.79. The van der Waals surface area contributed by atoms with Crippen molar-refractivity contribution in [2.24, 2.45) is 0 Å². The lowest BCUT2D eigenvalue weighted by molar-refractivity contribution is 0.415. The molecule has 0 saturated heterocycles. The van der Waals surface area contributed by atoms with Crippen LogP contribution in [0.15, 0.2) is 27.1 Å². The molecule has 0 radical (unpaired) electrons. The van der Waals surface area contributed by atoms with Crippen molar-refractivity contribution in [1.29, 1.82) is 0 Å². The van der Waals surface area contributed by atoms with Gasteiger partial charge in [-0.1, -0.05) is 0 Å². The topological polar surface area (TPSA) is 39.1 Å². The minimum Gasteiger partial charge on any atom is -0.497 e. The zero-order valence-corrected chi connectivity index (χ0v) is 14.9. The Labute approximate surface area is 135 Å². The van der Waals surface area contributed by atoms with Gasteiger partial charge in [-0.15, -0.1) is 0 Å². The standard InChI is InChI=1S/C14H17Br2N3O/c1-4-19-13(14(16)9(2)18-19)8-17-12-7-10(20-3)5-6-11(12)15/h5-7,17H,4,8H2,1-3H3. The SMILES string of the molecule is CCn1nc(C)c(Br)c1CNc1cc(OC)ccc1Br. The monoisotopic (exact) mass is 401 g/mol. The molecule has 108 valence electrons. The van der Waals surface area contributed by atoms with Gasteiger partial charge in [-0.2, -0.15) is 5.10 Å². The zero-order chi connectivity index (χ0) is 14.7. The summed E-state index contributed by atoms with van der Waals surface area (Å²) in [6.45, 7) is 5.63. The number of hydrogen-bond donors (Lipinski definition) is 1. The molecule has 0 aliphatic rings. The van der Waals surface area contributed by atoms with Crippen molar-refractivity contribution in [3.63, 3.8) is 0 Å². The van der Waals surface area contributed by atoms with Crippen molar-refractivity contribution >= 4 is 37.5 Å². The van der Waals surface area contributed by atoms with E-state index in [9.17, 15) is 0 Å². The Balaban J connectivity index is 2.20. The molecule has 0 atom stereocenters. The molecule has 0 fully saturated rings. The first kappa shape index (κ1) is 15.4. The van der Waals surface area contributed by atoms with E-state index >= 15 is 0 Å². The van der Waals surface area contributed by atoms with E-state index in [4.69, 9.17) is 4.74 Å². The predicted octanol–water partition coefficient (Wildman–Crippen LogP) is 4.36. The number of nitrogens with zero attached hydrogens (tertiary/aromatic N) is 2. The van der Waals surface area contributed by atoms with Crippen molar-refractivity contribution < 1.29 is 4.74 Å². The molecule has 0 aliphatic heterocycles. The summed E-state index contributed by atoms with van der Waals surface area (Å²) in [5, 5.41) is 7.91. The van der Waals surface area contributed by atoms with Crippen molar-refractivity contribution in [3.8, 4) is 5.75 Å². The Hall–Kier alpha value is -1.01. The summed E-state index contributed by atoms with van der Waals surface area (Å²) in [5.41, 5.74) is 3.14. The smallest absolute Gasteiger partial charge is 0.121 e. The molecule has 1 aromatic heterocycles. The number of methoxy groups -OCH3 is 1. The molecule has 0 unspecified atom stereocenters. The summed E-state index contributed by atoms with van der Waals surface area (Å²) in [4.78, 5) is 0. The fourth-order valence-electron chi connectivity index (χ4n) is 1.98. The number of anilines is 1. The van der Waals surface area contributed by atoms with Crippen LogP contribution in [-0.4, -0.2) is 16.9 Å². The van der Waals surface area contributed by atoms with Gasteiger partial charge in [0, 0.05) is 17.1 Å². The van der Waals surface area contributed by atoms with Crippen LogP contribution in [0.1, 0.15) is 18.3 Å². The number of nitrogens with one attached hydrogen (secondary N) is 1. The van der Waals surface area contributed by atoms with E-state index in [-0.39, 0.29) is 0 Å². The second-order valence-electron chi connectivity index (χ2n) is 4.36. The van der Waals surface area contributed by atoms with Crippen LogP contribution in [0.25, 0.3) is 0 Å². The average Bonchev–Trinajstić information content (AvgIpc) is 2.73. The number of hydrogen-bond acceptors (Lipinski definition) is 3. The van der Waals surface area contributed by atoms with Gasteiger partial charge in [-0.3, -0.25) is 4.68 Å². The third-order valence-electron chi connectivity index (χ3n) is 3.07. The molecule has 2 aromatic rings. The molecule has 0 aliphatic carbocycles. The highest BCUT2D eigenvalue weighted by atomic mass is 79.9. The second kappa shape index (κ2) is 6.63. The third-order valence-corrected chi connectivity index (χ3v) is 4.80. The Kier molecular flexibility index (Phi) is 5.10. The highest BCUT2D eigenvalue weighted by molar-refractivity contribution is 9.11. The molecule has 0 bridgehead atoms. The Bertz CT molecular complexity index is 611. The van der Waals surface area contributed by atoms with Crippen LogP contribution in [0, 0.1) is 6.92 Å². The Morgan fingerprint density at radius 2 is 2.10 bits per heavy atom. The number of rotatable bonds is 5. The number of aryl methyl sites for hydroxylation is 2. The molecule has 1 heterocycles. The van der Waals surface area contributed by atoms with Crippen LogP contribution >= 0.6 is 31.9 Å². The quantitative estimate of drug-likeness (QED) is 0.807. The van der Waals surface area contributed by atoms with Gasteiger partial charge < -0.3 is 10.1 Å². The van der Waals surface area contributed by atoms with Crippen LogP contribution < -0.4 is 10.1 Å². The maximum atomic E-state index is 5.25. The molecule has 2 rings (SSSR count). The maximum Gasteiger partial charge on any atom is 0.121 e. The molecule has 4 nitrogen and oxygen atoms in total. The van der Waals surface area contributed by atoms with Gasteiger partial charge in [0.2, 0.25) is 0 Å². The molecular formula is C14H17Br2N3O. The molecular weight excluding hydrogens is 386 g/mol. The first-order valence-electron chi connectivity index (χ1n) is 6.36. The number of ether oxygens (including phenoxy) is 1. The number of aromatic nitrogens is 2. The van der Waals surface area contributed by atoms with E-state index in [0.717, 1.165) is 38.3 Å². The minimum absolute atomic E-state index is 0.695. The van der Waals surface area contributed by atoms with Crippen LogP contribution in [0.5, 0.6) is 5.75 Å². The lowest BCUT2D eigenvalue weighted by Crippen LogP contribution is -2.08. The normalized spacial score (nSPS) is 10.7. The first-order valence-corrected chi connectivity index (χ1v) is 7.94. The third kappa shape index (κ3) is 3.17. The van der Waals surface area contributed by atoms with Crippen LogP contribution in [-0.2, 0) is 13.1 Å². The summed E-state index contributed by atoms with van der Waals surface area (Å²) >= 11 is 7.14. The summed E-state index contributed by atoms with van der Waals surface area (Å²) in [5.74, 6) is 0.829. The molecule has 1 N–H and O–H groups in total. The van der Waals surface area contributed by atoms with Crippen LogP contribution in [0.4, 0.5) is 5.69 Å². The van der Waals surface area contributed by atoms with Gasteiger partial charge in [0.25, 0.3) is 0 Å². The highest BCUT2D eigenvalue weighted by Gasteiger charge is 2.12. The van der Waals surface area contributed by atoms with Gasteiger partial charge in [-0.05, 0) is 57.8 Å². The van der Waals surface area contributed by atoms with Gasteiger partial charge in [0.1, 0.15) is 5.75 Å². The maximum absolute atomic E-state index is 5.25.